The molecule has 0 unspecified atom stereocenters. The van der Waals surface area contributed by atoms with E-state index in [1.807, 2.05) is 48.5 Å². The molecule has 0 saturated heterocycles. The van der Waals surface area contributed by atoms with Crippen molar-refractivity contribution in [3.05, 3.63) is 111 Å². The summed E-state index contributed by atoms with van der Waals surface area (Å²) in [5, 5.41) is 16.3. The lowest BCUT2D eigenvalue weighted by atomic mass is 9.91. The van der Waals surface area contributed by atoms with Gasteiger partial charge < -0.3 is 4.74 Å². The summed E-state index contributed by atoms with van der Waals surface area (Å²) in [4.78, 5) is 30.6. The molecule has 4 aromatic rings. The van der Waals surface area contributed by atoms with Gasteiger partial charge in [0.25, 0.3) is 11.6 Å². The van der Waals surface area contributed by atoms with Crippen LogP contribution in [-0.4, -0.2) is 32.7 Å². The third-order valence-corrected chi connectivity index (χ3v) is 6.35. The largest absolute Gasteiger partial charge is 0.497 e. The normalized spacial score (nSPS) is 17.0. The second-order valence-corrected chi connectivity index (χ2v) is 8.52. The fourth-order valence-electron chi connectivity index (χ4n) is 4.39. The van der Waals surface area contributed by atoms with Crippen LogP contribution in [-0.2, 0) is 0 Å². The summed E-state index contributed by atoms with van der Waals surface area (Å²) < 4.78 is 7.00. The van der Waals surface area contributed by atoms with Crippen LogP contribution in [0.4, 0.5) is 11.6 Å². The first kappa shape index (κ1) is 22.5. The van der Waals surface area contributed by atoms with Crippen molar-refractivity contribution in [2.24, 2.45) is 0 Å². The molecule has 1 amide bonds. The maximum Gasteiger partial charge on any atom is 0.270 e. The molecule has 176 valence electrons. The van der Waals surface area contributed by atoms with Gasteiger partial charge in [0.05, 0.1) is 24.1 Å². The van der Waals surface area contributed by atoms with Crippen molar-refractivity contribution in [1.82, 2.24) is 14.8 Å². The Bertz CT molecular complexity index is 1390. The summed E-state index contributed by atoms with van der Waals surface area (Å²) in [7, 11) is 1.59. The number of hydrogen-bond acceptors (Lipinski definition) is 6. The Balaban J connectivity index is 1.63. The second-order valence-electron chi connectivity index (χ2n) is 8.08. The summed E-state index contributed by atoms with van der Waals surface area (Å²) >= 11 is 6.10. The van der Waals surface area contributed by atoms with E-state index in [0.717, 1.165) is 11.1 Å². The summed E-state index contributed by atoms with van der Waals surface area (Å²) in [5.74, 6) is 0.644. The Hall–Kier alpha value is -4.24. The van der Waals surface area contributed by atoms with E-state index < -0.39 is 16.9 Å². The Morgan fingerprint density at radius 2 is 1.74 bits per heavy atom. The Kier molecular flexibility index (Phi) is 5.92. The van der Waals surface area contributed by atoms with Gasteiger partial charge in [-0.05, 0) is 47.9 Å². The highest BCUT2D eigenvalue weighted by Crippen LogP contribution is 2.43. The van der Waals surface area contributed by atoms with Crippen molar-refractivity contribution in [3.63, 3.8) is 0 Å². The highest BCUT2D eigenvalue weighted by atomic mass is 35.5. The summed E-state index contributed by atoms with van der Waals surface area (Å²) in [6.07, 6.45) is 1.91. The molecule has 0 saturated carbocycles. The zero-order chi connectivity index (χ0) is 24.5. The van der Waals surface area contributed by atoms with Gasteiger partial charge in [0.1, 0.15) is 12.1 Å². The molecule has 0 fully saturated rings. The average molecular weight is 490 g/mol. The van der Waals surface area contributed by atoms with E-state index in [1.54, 1.807) is 22.8 Å². The molecular weight excluding hydrogens is 470 g/mol. The monoisotopic (exact) mass is 489 g/mol. The van der Waals surface area contributed by atoms with Gasteiger partial charge in [-0.25, -0.2) is 4.68 Å². The number of amides is 1. The third kappa shape index (κ3) is 4.22. The number of hydrogen-bond donors (Lipinski definition) is 0. The van der Waals surface area contributed by atoms with Crippen molar-refractivity contribution in [2.45, 2.75) is 18.5 Å². The van der Waals surface area contributed by atoms with E-state index in [0.29, 0.717) is 23.1 Å². The average Bonchev–Trinajstić information content (AvgIpc) is 3.38. The van der Waals surface area contributed by atoms with Crippen LogP contribution in [0, 0.1) is 10.1 Å². The minimum Gasteiger partial charge on any atom is -0.497 e. The summed E-state index contributed by atoms with van der Waals surface area (Å²) in [6.45, 7) is 0. The lowest BCUT2D eigenvalue weighted by molar-refractivity contribution is -0.384. The van der Waals surface area contributed by atoms with Gasteiger partial charge in [0.15, 0.2) is 0 Å². The highest BCUT2D eigenvalue weighted by molar-refractivity contribution is 6.30. The number of methoxy groups -OCH3 is 1. The van der Waals surface area contributed by atoms with E-state index in [2.05, 4.69) is 10.1 Å². The van der Waals surface area contributed by atoms with Crippen molar-refractivity contribution in [2.75, 3.05) is 12.0 Å². The number of fused-ring (bicyclic) bond motifs is 1. The number of carbonyl (C=O) groups is 1. The molecule has 1 aliphatic rings. The molecule has 0 N–H and O–H groups in total. The first-order valence-corrected chi connectivity index (χ1v) is 11.2. The molecule has 0 bridgehead atoms. The lowest BCUT2D eigenvalue weighted by Crippen LogP contribution is -2.42. The van der Waals surface area contributed by atoms with Crippen LogP contribution in [0.5, 0.6) is 5.75 Å². The summed E-state index contributed by atoms with van der Waals surface area (Å²) in [6, 6.07) is 20.1. The van der Waals surface area contributed by atoms with Crippen molar-refractivity contribution in [3.8, 4) is 5.75 Å². The number of halogens is 1. The number of benzene rings is 3. The third-order valence-electron chi connectivity index (χ3n) is 6.10. The molecule has 5 rings (SSSR count). The summed E-state index contributed by atoms with van der Waals surface area (Å²) in [5.41, 5.74) is 1.88. The van der Waals surface area contributed by atoms with Gasteiger partial charge >= 0.3 is 0 Å². The second kappa shape index (κ2) is 9.19. The lowest BCUT2D eigenvalue weighted by Gasteiger charge is -2.39. The topological polar surface area (TPSA) is 103 Å². The maximum absolute atomic E-state index is 13.8. The van der Waals surface area contributed by atoms with E-state index in [9.17, 15) is 14.9 Å². The van der Waals surface area contributed by atoms with Gasteiger partial charge in [0, 0.05) is 22.7 Å². The van der Waals surface area contributed by atoms with Crippen LogP contribution in [0.25, 0.3) is 0 Å². The predicted octanol–water partition coefficient (Wildman–Crippen LogP) is 5.23. The molecule has 0 spiro atoms. The number of non-ortho nitro benzene ring substituents is 1. The fraction of sp³-hybridized carbons (Fsp3) is 0.160. The SMILES string of the molecule is COc1ccc([C@@H]2C[C@@H](c3ccc(Cl)cc3)n3ncnc3N2C(=O)c2cccc([N+](=O)[O-])c2)cc1. The molecule has 2 atom stereocenters. The van der Waals surface area contributed by atoms with Gasteiger partial charge in [-0.2, -0.15) is 10.1 Å². The van der Waals surface area contributed by atoms with Gasteiger partial charge in [0.2, 0.25) is 5.95 Å². The zero-order valence-electron chi connectivity index (χ0n) is 18.6. The maximum atomic E-state index is 13.8. The number of nitro groups is 1. The van der Waals surface area contributed by atoms with Crippen molar-refractivity contribution in [1.29, 1.82) is 0 Å². The molecule has 1 aliphatic heterocycles. The van der Waals surface area contributed by atoms with Gasteiger partial charge in [-0.1, -0.05) is 41.9 Å². The van der Waals surface area contributed by atoms with Gasteiger partial charge in [-0.3, -0.25) is 19.8 Å². The minimum absolute atomic E-state index is 0.158. The number of rotatable bonds is 5. The smallest absolute Gasteiger partial charge is 0.270 e. The number of ether oxygens (including phenoxy) is 1. The van der Waals surface area contributed by atoms with Crippen LogP contribution in [0.2, 0.25) is 5.02 Å². The molecule has 0 aliphatic carbocycles. The van der Waals surface area contributed by atoms with E-state index in [4.69, 9.17) is 16.3 Å². The number of anilines is 1. The van der Waals surface area contributed by atoms with Gasteiger partial charge in [-0.15, -0.1) is 0 Å². The highest BCUT2D eigenvalue weighted by Gasteiger charge is 2.40. The molecular formula is C25H20ClN5O4. The standard InChI is InChI=1S/C25H20ClN5O4/c1-35-21-11-7-16(8-12-21)22-14-23(17-5-9-19(26)10-6-17)30-25(27-15-28-30)29(22)24(32)18-3-2-4-20(13-18)31(33)34/h2-13,15,22-23H,14H2,1H3/t22-,23-/m0/s1. The Labute approximate surface area is 205 Å². The molecule has 35 heavy (non-hydrogen) atoms. The molecule has 1 aromatic heterocycles. The predicted molar refractivity (Wildman–Crippen MR) is 130 cm³/mol. The quantitative estimate of drug-likeness (QED) is 0.281. The van der Waals surface area contributed by atoms with Crippen LogP contribution < -0.4 is 9.64 Å². The molecule has 3 aromatic carbocycles. The van der Waals surface area contributed by atoms with Crippen LogP contribution in [0.3, 0.4) is 0 Å². The van der Waals surface area contributed by atoms with Crippen molar-refractivity contribution >= 4 is 29.1 Å². The molecule has 0 radical (unpaired) electrons. The van der Waals surface area contributed by atoms with E-state index >= 15 is 0 Å². The fourth-order valence-corrected chi connectivity index (χ4v) is 4.52. The minimum atomic E-state index is -0.521. The first-order chi connectivity index (χ1) is 17.0. The van der Waals surface area contributed by atoms with E-state index in [-0.39, 0.29) is 17.3 Å². The molecule has 9 nitrogen and oxygen atoms in total. The molecule has 2 heterocycles. The number of aromatic nitrogens is 3. The van der Waals surface area contributed by atoms with Crippen molar-refractivity contribution < 1.29 is 14.5 Å². The van der Waals surface area contributed by atoms with Crippen LogP contribution in [0.15, 0.2) is 79.1 Å². The number of nitro benzene ring substituents is 1. The Morgan fingerprint density at radius 3 is 2.43 bits per heavy atom. The van der Waals surface area contributed by atoms with Crippen LogP contribution in [0.1, 0.15) is 40.0 Å². The molecule has 10 heteroatoms. The Morgan fingerprint density at radius 1 is 1.06 bits per heavy atom. The number of nitrogens with zero attached hydrogens (tertiary/aromatic N) is 5. The zero-order valence-corrected chi connectivity index (χ0v) is 19.4. The van der Waals surface area contributed by atoms with Crippen LogP contribution >= 0.6 is 11.6 Å². The first-order valence-electron chi connectivity index (χ1n) is 10.8. The van der Waals surface area contributed by atoms with E-state index in [1.165, 1.54) is 24.5 Å². The number of carbonyl (C=O) groups excluding carboxylic acids is 1.